The van der Waals surface area contributed by atoms with Gasteiger partial charge in [0.25, 0.3) is 0 Å². The van der Waals surface area contributed by atoms with Crippen LogP contribution in [0.25, 0.3) is 0 Å². The van der Waals surface area contributed by atoms with Crippen molar-refractivity contribution in [3.63, 3.8) is 0 Å². The van der Waals surface area contributed by atoms with Crippen molar-refractivity contribution in [3.8, 4) is 0 Å². The highest BCUT2D eigenvalue weighted by Gasteiger charge is 2.61. The molecule has 3 rings (SSSR count). The number of fused-ring (bicyclic) bond motifs is 2. The Morgan fingerprint density at radius 3 is 2.72 bits per heavy atom. The summed E-state index contributed by atoms with van der Waals surface area (Å²) < 4.78 is 0. The van der Waals surface area contributed by atoms with E-state index in [1.165, 1.54) is 19.3 Å². The van der Waals surface area contributed by atoms with E-state index in [1.54, 1.807) is 6.20 Å². The van der Waals surface area contributed by atoms with Crippen molar-refractivity contribution in [2.45, 2.75) is 46.1 Å². The Morgan fingerprint density at radius 2 is 2.17 bits per heavy atom. The Bertz CT molecular complexity index is 471. The third-order valence-electron chi connectivity index (χ3n) is 5.89. The molecule has 18 heavy (non-hydrogen) atoms. The van der Waals surface area contributed by atoms with Crippen LogP contribution in [0.5, 0.6) is 0 Å². The fourth-order valence-corrected chi connectivity index (χ4v) is 4.25. The highest BCUT2D eigenvalue weighted by atomic mass is 35.5. The van der Waals surface area contributed by atoms with Crippen LogP contribution in [0.1, 0.15) is 40.0 Å². The summed E-state index contributed by atoms with van der Waals surface area (Å²) in [7, 11) is 0. The van der Waals surface area contributed by atoms with Crippen LogP contribution in [0.2, 0.25) is 5.02 Å². The van der Waals surface area contributed by atoms with Crippen LogP contribution < -0.4 is 5.32 Å². The predicted octanol–water partition coefficient (Wildman–Crippen LogP) is 4.36. The zero-order valence-electron chi connectivity index (χ0n) is 11.3. The lowest BCUT2D eigenvalue weighted by Crippen LogP contribution is -2.40. The molecule has 3 heteroatoms. The van der Waals surface area contributed by atoms with E-state index >= 15 is 0 Å². The Hall–Kier alpha value is -0.760. The van der Waals surface area contributed by atoms with Gasteiger partial charge in [0.2, 0.25) is 0 Å². The zero-order valence-corrected chi connectivity index (χ0v) is 12.1. The largest absolute Gasteiger partial charge is 0.379 e. The van der Waals surface area contributed by atoms with Crippen LogP contribution in [0.3, 0.4) is 0 Å². The number of nitrogens with zero attached hydrogens (tertiary/aromatic N) is 1. The minimum Gasteiger partial charge on any atom is -0.379 e. The normalized spacial score (nSPS) is 36.9. The summed E-state index contributed by atoms with van der Waals surface area (Å²) in [6, 6.07) is 2.37. The summed E-state index contributed by atoms with van der Waals surface area (Å²) in [6.07, 6.45) is 7.53. The molecule has 1 N–H and O–H groups in total. The molecule has 1 aromatic heterocycles. The first-order valence-corrected chi connectivity index (χ1v) is 7.19. The van der Waals surface area contributed by atoms with Crippen molar-refractivity contribution in [2.75, 3.05) is 5.32 Å². The van der Waals surface area contributed by atoms with E-state index in [9.17, 15) is 0 Å². The number of halogens is 1. The molecule has 3 atom stereocenters. The van der Waals surface area contributed by atoms with Gasteiger partial charge in [-0.15, -0.1) is 0 Å². The summed E-state index contributed by atoms with van der Waals surface area (Å²) in [4.78, 5) is 4.16. The Morgan fingerprint density at radius 1 is 1.39 bits per heavy atom. The average Bonchev–Trinajstić information content (AvgIpc) is 2.65. The van der Waals surface area contributed by atoms with Gasteiger partial charge in [-0.2, -0.15) is 0 Å². The van der Waals surface area contributed by atoms with Gasteiger partial charge in [-0.05, 0) is 42.1 Å². The van der Waals surface area contributed by atoms with E-state index in [-0.39, 0.29) is 0 Å². The van der Waals surface area contributed by atoms with E-state index in [0.717, 1.165) is 16.6 Å². The van der Waals surface area contributed by atoms with Crippen molar-refractivity contribution in [1.82, 2.24) is 4.98 Å². The van der Waals surface area contributed by atoms with Gasteiger partial charge in [-0.25, -0.2) is 0 Å². The first-order chi connectivity index (χ1) is 8.45. The van der Waals surface area contributed by atoms with Gasteiger partial charge >= 0.3 is 0 Å². The van der Waals surface area contributed by atoms with Gasteiger partial charge in [0.05, 0.1) is 16.9 Å². The van der Waals surface area contributed by atoms with Gasteiger partial charge in [-0.1, -0.05) is 32.4 Å². The second kappa shape index (κ2) is 3.86. The maximum absolute atomic E-state index is 6.22. The topological polar surface area (TPSA) is 24.9 Å². The van der Waals surface area contributed by atoms with Crippen LogP contribution >= 0.6 is 11.6 Å². The molecule has 0 saturated heterocycles. The predicted molar refractivity (Wildman–Crippen MR) is 75.9 cm³/mol. The quantitative estimate of drug-likeness (QED) is 0.858. The van der Waals surface area contributed by atoms with Crippen LogP contribution in [0.4, 0.5) is 5.69 Å². The van der Waals surface area contributed by atoms with Crippen molar-refractivity contribution < 1.29 is 0 Å². The monoisotopic (exact) mass is 264 g/mol. The minimum absolute atomic E-state index is 0.372. The van der Waals surface area contributed by atoms with Crippen LogP contribution in [-0.4, -0.2) is 11.0 Å². The highest BCUT2D eigenvalue weighted by molar-refractivity contribution is 6.33. The fraction of sp³-hybridized carbons (Fsp3) is 0.667. The summed E-state index contributed by atoms with van der Waals surface area (Å²) in [5.41, 5.74) is 1.78. The van der Waals surface area contributed by atoms with E-state index in [0.29, 0.717) is 16.9 Å². The molecule has 0 aromatic carbocycles. The molecule has 0 aliphatic heterocycles. The number of aromatic nitrogens is 1. The van der Waals surface area contributed by atoms with Crippen LogP contribution in [-0.2, 0) is 0 Å². The van der Waals surface area contributed by atoms with Gasteiger partial charge in [0.15, 0.2) is 0 Å². The molecule has 0 spiro atoms. The molecular weight excluding hydrogens is 244 g/mol. The third-order valence-corrected chi connectivity index (χ3v) is 6.22. The summed E-state index contributed by atoms with van der Waals surface area (Å²) >= 11 is 6.22. The Kier molecular flexibility index (Phi) is 2.64. The third kappa shape index (κ3) is 1.51. The van der Waals surface area contributed by atoms with Crippen LogP contribution in [0.15, 0.2) is 18.5 Å². The van der Waals surface area contributed by atoms with Crippen LogP contribution in [0, 0.1) is 16.7 Å². The number of pyridine rings is 1. The molecule has 1 heterocycles. The second-order valence-corrected chi connectivity index (χ2v) is 7.07. The molecule has 2 saturated carbocycles. The van der Waals surface area contributed by atoms with Crippen molar-refractivity contribution in [2.24, 2.45) is 16.7 Å². The first kappa shape index (κ1) is 12.3. The number of anilines is 1. The molecule has 2 aliphatic rings. The Labute approximate surface area is 114 Å². The van der Waals surface area contributed by atoms with Crippen molar-refractivity contribution in [1.29, 1.82) is 0 Å². The van der Waals surface area contributed by atoms with E-state index in [1.807, 2.05) is 12.3 Å². The number of nitrogens with one attached hydrogen (secondary N) is 1. The summed E-state index contributed by atoms with van der Waals surface area (Å²) in [5.74, 6) is 0.843. The molecular formula is C15H21ClN2. The maximum Gasteiger partial charge on any atom is 0.0718 e. The number of hydrogen-bond acceptors (Lipinski definition) is 2. The van der Waals surface area contributed by atoms with Gasteiger partial charge < -0.3 is 5.32 Å². The lowest BCUT2D eigenvalue weighted by Gasteiger charge is -2.40. The smallest absolute Gasteiger partial charge is 0.0718 e. The van der Waals surface area contributed by atoms with E-state index < -0.39 is 0 Å². The minimum atomic E-state index is 0.372. The van der Waals surface area contributed by atoms with Crippen molar-refractivity contribution >= 4 is 17.3 Å². The second-order valence-electron chi connectivity index (χ2n) is 6.66. The molecule has 3 unspecified atom stereocenters. The molecule has 2 nitrogen and oxygen atoms in total. The lowest BCUT2D eigenvalue weighted by molar-refractivity contribution is 0.142. The molecule has 2 fully saturated rings. The average molecular weight is 265 g/mol. The van der Waals surface area contributed by atoms with Gasteiger partial charge in [0.1, 0.15) is 0 Å². The number of rotatable bonds is 2. The molecule has 98 valence electrons. The van der Waals surface area contributed by atoms with E-state index in [2.05, 4.69) is 31.1 Å². The Balaban J connectivity index is 1.86. The summed E-state index contributed by atoms with van der Waals surface area (Å²) in [5, 5.41) is 4.41. The van der Waals surface area contributed by atoms with E-state index in [4.69, 9.17) is 11.6 Å². The molecule has 0 radical (unpaired) electrons. The SMILES string of the molecule is CC1(C)C2CCC1(C)C(Nc1cnccc1Cl)C2. The maximum atomic E-state index is 6.22. The standard InChI is InChI=1S/C15H21ClN2/c1-14(2)10-4-6-15(14,3)13(8-10)18-12-9-17-7-5-11(12)16/h5,7,9-10,13,18H,4,6,8H2,1-3H3. The number of hydrogen-bond donors (Lipinski definition) is 1. The molecule has 1 aromatic rings. The van der Waals surface area contributed by atoms with Gasteiger partial charge in [-0.3, -0.25) is 4.98 Å². The molecule has 0 amide bonds. The molecule has 2 bridgehead atoms. The molecule has 2 aliphatic carbocycles. The van der Waals surface area contributed by atoms with Crippen molar-refractivity contribution in [3.05, 3.63) is 23.5 Å². The fourth-order valence-electron chi connectivity index (χ4n) is 4.09. The highest BCUT2D eigenvalue weighted by Crippen LogP contribution is 2.65. The first-order valence-electron chi connectivity index (χ1n) is 6.81. The van der Waals surface area contributed by atoms with Gasteiger partial charge in [0, 0.05) is 12.2 Å². The zero-order chi connectivity index (χ0) is 13.0. The lowest BCUT2D eigenvalue weighted by atomic mass is 9.69. The summed E-state index contributed by atoms with van der Waals surface area (Å²) in [6.45, 7) is 7.29.